The fourth-order valence-corrected chi connectivity index (χ4v) is 2.74. The SMILES string of the molecule is c1ccc(Nc2nc(-c3ccccn3)cc(N3CCOCC3)n2)cc1. The summed E-state index contributed by atoms with van der Waals surface area (Å²) in [4.78, 5) is 16.0. The lowest BCUT2D eigenvalue weighted by Gasteiger charge is -2.28. The summed E-state index contributed by atoms with van der Waals surface area (Å²) in [6.45, 7) is 3.07. The van der Waals surface area contributed by atoms with Crippen molar-refractivity contribution in [3.05, 3.63) is 60.8 Å². The number of aromatic nitrogens is 3. The van der Waals surface area contributed by atoms with Gasteiger partial charge in [-0.2, -0.15) is 4.98 Å². The smallest absolute Gasteiger partial charge is 0.229 e. The maximum atomic E-state index is 5.45. The number of morpholine rings is 1. The summed E-state index contributed by atoms with van der Waals surface area (Å²) < 4.78 is 5.45. The molecule has 4 rings (SSSR count). The number of hydrogen-bond donors (Lipinski definition) is 1. The summed E-state index contributed by atoms with van der Waals surface area (Å²) in [5.41, 5.74) is 2.58. The Morgan fingerprint density at radius 1 is 0.880 bits per heavy atom. The van der Waals surface area contributed by atoms with E-state index in [1.807, 2.05) is 54.6 Å². The molecule has 1 aliphatic heterocycles. The van der Waals surface area contributed by atoms with Crippen LogP contribution in [0.4, 0.5) is 17.5 Å². The van der Waals surface area contributed by atoms with Crippen molar-refractivity contribution in [1.82, 2.24) is 15.0 Å². The van der Waals surface area contributed by atoms with E-state index >= 15 is 0 Å². The predicted molar refractivity (Wildman–Crippen MR) is 98.0 cm³/mol. The van der Waals surface area contributed by atoms with Crippen molar-refractivity contribution in [2.24, 2.45) is 0 Å². The van der Waals surface area contributed by atoms with Gasteiger partial charge in [-0.15, -0.1) is 0 Å². The Kier molecular flexibility index (Phi) is 4.52. The topological polar surface area (TPSA) is 63.2 Å². The van der Waals surface area contributed by atoms with Gasteiger partial charge < -0.3 is 15.0 Å². The van der Waals surface area contributed by atoms with Gasteiger partial charge in [0, 0.05) is 31.0 Å². The summed E-state index contributed by atoms with van der Waals surface area (Å²) in [5, 5.41) is 3.29. The van der Waals surface area contributed by atoms with Crippen molar-refractivity contribution in [2.75, 3.05) is 36.5 Å². The third kappa shape index (κ3) is 3.75. The third-order valence-electron chi connectivity index (χ3n) is 4.00. The van der Waals surface area contributed by atoms with Crippen molar-refractivity contribution in [1.29, 1.82) is 0 Å². The average Bonchev–Trinajstić information content (AvgIpc) is 2.70. The summed E-state index contributed by atoms with van der Waals surface area (Å²) in [7, 11) is 0. The van der Waals surface area contributed by atoms with E-state index in [1.54, 1.807) is 6.20 Å². The minimum atomic E-state index is 0.566. The fraction of sp³-hybridized carbons (Fsp3) is 0.211. The van der Waals surface area contributed by atoms with E-state index in [2.05, 4.69) is 20.2 Å². The Bertz CT molecular complexity index is 820. The maximum absolute atomic E-state index is 5.45. The van der Waals surface area contributed by atoms with Crippen LogP contribution < -0.4 is 10.2 Å². The molecule has 126 valence electrons. The fourth-order valence-electron chi connectivity index (χ4n) is 2.74. The number of benzene rings is 1. The maximum Gasteiger partial charge on any atom is 0.229 e. The van der Waals surface area contributed by atoms with Crippen molar-refractivity contribution >= 4 is 17.5 Å². The first-order valence-corrected chi connectivity index (χ1v) is 8.34. The van der Waals surface area contributed by atoms with Crippen LogP contribution in [-0.4, -0.2) is 41.3 Å². The molecule has 0 amide bonds. The van der Waals surface area contributed by atoms with Crippen molar-refractivity contribution in [3.63, 3.8) is 0 Å². The van der Waals surface area contributed by atoms with E-state index in [0.29, 0.717) is 19.2 Å². The van der Waals surface area contributed by atoms with E-state index in [0.717, 1.165) is 36.0 Å². The minimum Gasteiger partial charge on any atom is -0.378 e. The van der Waals surface area contributed by atoms with Gasteiger partial charge in [0.05, 0.1) is 24.6 Å². The summed E-state index contributed by atoms with van der Waals surface area (Å²) in [5.74, 6) is 1.45. The van der Waals surface area contributed by atoms with Gasteiger partial charge in [0.2, 0.25) is 5.95 Å². The first-order valence-electron chi connectivity index (χ1n) is 8.34. The number of pyridine rings is 1. The Labute approximate surface area is 146 Å². The van der Waals surface area contributed by atoms with Gasteiger partial charge in [-0.05, 0) is 24.3 Å². The largest absolute Gasteiger partial charge is 0.378 e. The zero-order valence-electron chi connectivity index (χ0n) is 13.8. The highest BCUT2D eigenvalue weighted by Gasteiger charge is 2.16. The molecule has 0 saturated carbocycles. The van der Waals surface area contributed by atoms with Crippen LogP contribution in [0.2, 0.25) is 0 Å². The molecule has 3 heterocycles. The minimum absolute atomic E-state index is 0.566. The normalized spacial score (nSPS) is 14.3. The number of rotatable bonds is 4. The van der Waals surface area contributed by atoms with Crippen LogP contribution in [0.3, 0.4) is 0 Å². The lowest BCUT2D eigenvalue weighted by molar-refractivity contribution is 0.122. The number of ether oxygens (including phenoxy) is 1. The number of nitrogens with zero attached hydrogens (tertiary/aromatic N) is 4. The highest BCUT2D eigenvalue weighted by Crippen LogP contribution is 2.24. The molecular weight excluding hydrogens is 314 g/mol. The Hall–Kier alpha value is -2.99. The molecule has 1 aromatic carbocycles. The first-order chi connectivity index (χ1) is 12.4. The summed E-state index contributed by atoms with van der Waals surface area (Å²) >= 11 is 0. The van der Waals surface area contributed by atoms with Crippen molar-refractivity contribution in [2.45, 2.75) is 0 Å². The van der Waals surface area contributed by atoms with E-state index < -0.39 is 0 Å². The number of hydrogen-bond acceptors (Lipinski definition) is 6. The highest BCUT2D eigenvalue weighted by atomic mass is 16.5. The molecule has 1 N–H and O–H groups in total. The zero-order valence-corrected chi connectivity index (χ0v) is 13.8. The molecule has 0 aliphatic carbocycles. The Balaban J connectivity index is 1.72. The lowest BCUT2D eigenvalue weighted by atomic mass is 10.2. The Morgan fingerprint density at radius 2 is 1.68 bits per heavy atom. The molecule has 1 fully saturated rings. The van der Waals surface area contributed by atoms with Crippen molar-refractivity contribution < 1.29 is 4.74 Å². The van der Waals surface area contributed by atoms with Crippen LogP contribution in [0.5, 0.6) is 0 Å². The van der Waals surface area contributed by atoms with Crippen molar-refractivity contribution in [3.8, 4) is 11.4 Å². The molecule has 6 nitrogen and oxygen atoms in total. The molecule has 25 heavy (non-hydrogen) atoms. The summed E-state index contributed by atoms with van der Waals surface area (Å²) in [6.07, 6.45) is 1.77. The average molecular weight is 333 g/mol. The monoisotopic (exact) mass is 333 g/mol. The van der Waals surface area contributed by atoms with Crippen LogP contribution in [0.15, 0.2) is 60.8 Å². The van der Waals surface area contributed by atoms with Gasteiger partial charge in [-0.3, -0.25) is 4.98 Å². The van der Waals surface area contributed by atoms with Gasteiger partial charge in [-0.1, -0.05) is 24.3 Å². The molecule has 3 aromatic rings. The van der Waals surface area contributed by atoms with E-state index in [4.69, 9.17) is 9.72 Å². The number of para-hydroxylation sites is 1. The van der Waals surface area contributed by atoms with Gasteiger partial charge in [0.1, 0.15) is 5.82 Å². The van der Waals surface area contributed by atoms with Crippen LogP contribution >= 0.6 is 0 Å². The molecule has 0 atom stereocenters. The van der Waals surface area contributed by atoms with E-state index in [1.165, 1.54) is 0 Å². The van der Waals surface area contributed by atoms with Gasteiger partial charge in [0.25, 0.3) is 0 Å². The second-order valence-electron chi connectivity index (χ2n) is 5.74. The zero-order chi connectivity index (χ0) is 16.9. The molecular formula is C19H19N5O. The van der Waals surface area contributed by atoms with E-state index in [-0.39, 0.29) is 0 Å². The third-order valence-corrected chi connectivity index (χ3v) is 4.00. The summed E-state index contributed by atoms with van der Waals surface area (Å²) in [6, 6.07) is 17.7. The van der Waals surface area contributed by atoms with Crippen LogP contribution in [0, 0.1) is 0 Å². The molecule has 2 aromatic heterocycles. The molecule has 1 saturated heterocycles. The molecule has 0 radical (unpaired) electrons. The van der Waals surface area contributed by atoms with Gasteiger partial charge in [0.15, 0.2) is 0 Å². The lowest BCUT2D eigenvalue weighted by Crippen LogP contribution is -2.36. The molecule has 0 unspecified atom stereocenters. The number of nitrogens with one attached hydrogen (secondary N) is 1. The van der Waals surface area contributed by atoms with Gasteiger partial charge >= 0.3 is 0 Å². The Morgan fingerprint density at radius 3 is 2.44 bits per heavy atom. The number of anilines is 3. The standard InChI is InChI=1S/C19H19N5O/c1-2-6-15(7-3-1)21-19-22-17(16-8-4-5-9-20-16)14-18(23-19)24-10-12-25-13-11-24/h1-9,14H,10-13H2,(H,21,22,23). The molecule has 0 spiro atoms. The highest BCUT2D eigenvalue weighted by molar-refractivity contribution is 5.64. The molecule has 6 heteroatoms. The molecule has 0 bridgehead atoms. The second kappa shape index (κ2) is 7.27. The first kappa shape index (κ1) is 15.5. The van der Waals surface area contributed by atoms with Crippen LogP contribution in [0.1, 0.15) is 0 Å². The van der Waals surface area contributed by atoms with Gasteiger partial charge in [-0.25, -0.2) is 4.98 Å². The van der Waals surface area contributed by atoms with Crippen LogP contribution in [-0.2, 0) is 4.74 Å². The molecule has 1 aliphatic rings. The predicted octanol–water partition coefficient (Wildman–Crippen LogP) is 3.12. The second-order valence-corrected chi connectivity index (χ2v) is 5.74. The van der Waals surface area contributed by atoms with Crippen LogP contribution in [0.25, 0.3) is 11.4 Å². The quantitative estimate of drug-likeness (QED) is 0.791. The van der Waals surface area contributed by atoms with E-state index in [9.17, 15) is 0 Å².